The number of hydrogen-bond donors (Lipinski definition) is 1. The summed E-state index contributed by atoms with van der Waals surface area (Å²) >= 11 is 8.03. The lowest BCUT2D eigenvalue weighted by Crippen LogP contribution is -2.43. The first-order chi connectivity index (χ1) is 13.0. The Morgan fingerprint density at radius 3 is 2.67 bits per heavy atom. The minimum Gasteiger partial charge on any atom is -0.354 e. The number of anilines is 2. The number of pyridine rings is 1. The van der Waals surface area contributed by atoms with Gasteiger partial charge in [-0.25, -0.2) is 9.29 Å². The van der Waals surface area contributed by atoms with Gasteiger partial charge < -0.3 is 10.2 Å². The van der Waals surface area contributed by atoms with Crippen molar-refractivity contribution in [1.29, 1.82) is 0 Å². The number of amides is 1. The molecule has 0 spiro atoms. The van der Waals surface area contributed by atoms with Gasteiger partial charge in [0.25, 0.3) is 0 Å². The van der Waals surface area contributed by atoms with Crippen LogP contribution in [0.2, 0.25) is 5.02 Å². The number of Topliss-reactive ketones (excluding diaryl/α,β-unsaturated/α-hetero) is 1. The van der Waals surface area contributed by atoms with Crippen LogP contribution in [0.1, 0.15) is 22.8 Å². The van der Waals surface area contributed by atoms with Crippen molar-refractivity contribution < 1.29 is 9.59 Å². The minimum atomic E-state index is 0.0140. The third kappa shape index (κ3) is 3.95. The molecular formula is C19H19ClN4O2S. The van der Waals surface area contributed by atoms with Crippen molar-refractivity contribution in [3.8, 4) is 0 Å². The topological polar surface area (TPSA) is 65.5 Å². The maximum atomic E-state index is 11.5. The van der Waals surface area contributed by atoms with Crippen LogP contribution in [0.5, 0.6) is 0 Å². The molecule has 27 heavy (non-hydrogen) atoms. The normalized spacial score (nSPS) is 17.0. The fourth-order valence-electron chi connectivity index (χ4n) is 3.22. The predicted molar refractivity (Wildman–Crippen MR) is 108 cm³/mol. The summed E-state index contributed by atoms with van der Waals surface area (Å²) in [6, 6.07) is 7.57. The van der Waals surface area contributed by atoms with E-state index in [1.54, 1.807) is 25.1 Å². The van der Waals surface area contributed by atoms with E-state index in [-0.39, 0.29) is 11.7 Å². The third-order valence-electron chi connectivity index (χ3n) is 4.73. The van der Waals surface area contributed by atoms with Gasteiger partial charge in [-0.2, -0.15) is 0 Å². The second-order valence-corrected chi connectivity index (χ2v) is 8.18. The van der Waals surface area contributed by atoms with E-state index in [9.17, 15) is 9.59 Å². The molecule has 1 saturated heterocycles. The van der Waals surface area contributed by atoms with Gasteiger partial charge in [-0.1, -0.05) is 11.6 Å². The average Bonchev–Trinajstić information content (AvgIpc) is 3.01. The minimum absolute atomic E-state index is 0.0140. The van der Waals surface area contributed by atoms with Gasteiger partial charge in [0.15, 0.2) is 5.78 Å². The van der Waals surface area contributed by atoms with Gasteiger partial charge in [0.1, 0.15) is 5.82 Å². The first-order valence-electron chi connectivity index (χ1n) is 8.77. The van der Waals surface area contributed by atoms with Crippen LogP contribution in [-0.4, -0.2) is 47.2 Å². The molecule has 2 aromatic rings. The van der Waals surface area contributed by atoms with Crippen LogP contribution in [0.25, 0.3) is 0 Å². The van der Waals surface area contributed by atoms with E-state index >= 15 is 0 Å². The highest BCUT2D eigenvalue weighted by Crippen LogP contribution is 2.37. The largest absolute Gasteiger partial charge is 0.354 e. The van der Waals surface area contributed by atoms with Crippen molar-refractivity contribution in [3.63, 3.8) is 0 Å². The van der Waals surface area contributed by atoms with E-state index in [4.69, 9.17) is 11.6 Å². The number of rotatable bonds is 4. The zero-order chi connectivity index (χ0) is 19.0. The fraction of sp³-hybridized carbons (Fsp3) is 0.316. The lowest BCUT2D eigenvalue weighted by molar-refractivity contribution is -0.115. The molecule has 8 heteroatoms. The predicted octanol–water partition coefficient (Wildman–Crippen LogP) is 3.26. The van der Waals surface area contributed by atoms with Crippen LogP contribution in [0, 0.1) is 0 Å². The van der Waals surface area contributed by atoms with Crippen LogP contribution >= 0.6 is 23.5 Å². The number of halogens is 1. The number of benzene rings is 1. The highest BCUT2D eigenvalue weighted by Gasteiger charge is 2.23. The molecule has 3 heterocycles. The van der Waals surface area contributed by atoms with Gasteiger partial charge in [0.2, 0.25) is 5.91 Å². The van der Waals surface area contributed by atoms with Crippen LogP contribution in [-0.2, 0) is 11.2 Å². The summed E-state index contributed by atoms with van der Waals surface area (Å²) in [7, 11) is 0. The standard InChI is InChI=1S/C19H19ClN4O2S/c1-12(25)13-2-3-18(21-11-13)23-4-6-24(7-5-23)27-17-8-14-9-19(26)22-16(14)10-15(17)20/h2-3,8,10-11H,4-7,9H2,1H3,(H,22,26). The summed E-state index contributed by atoms with van der Waals surface area (Å²) in [4.78, 5) is 30.5. The molecule has 0 saturated carbocycles. The first kappa shape index (κ1) is 18.3. The Labute approximate surface area is 167 Å². The molecule has 0 bridgehead atoms. The van der Waals surface area contributed by atoms with Crippen LogP contribution in [0.3, 0.4) is 0 Å². The molecule has 1 aromatic carbocycles. The Kier molecular flexibility index (Phi) is 5.08. The average molecular weight is 403 g/mol. The number of fused-ring (bicyclic) bond motifs is 1. The Balaban J connectivity index is 1.38. The molecule has 0 aliphatic carbocycles. The summed E-state index contributed by atoms with van der Waals surface area (Å²) in [5, 5.41) is 3.48. The quantitative estimate of drug-likeness (QED) is 0.625. The molecule has 1 aromatic heterocycles. The number of ketones is 1. The number of nitrogens with one attached hydrogen (secondary N) is 1. The van der Waals surface area contributed by atoms with Crippen molar-refractivity contribution >= 4 is 46.7 Å². The maximum absolute atomic E-state index is 11.5. The van der Waals surface area contributed by atoms with Gasteiger partial charge in [0.05, 0.1) is 11.4 Å². The van der Waals surface area contributed by atoms with Gasteiger partial charge in [-0.15, -0.1) is 0 Å². The third-order valence-corrected chi connectivity index (χ3v) is 6.31. The second-order valence-electron chi connectivity index (χ2n) is 6.63. The molecule has 4 rings (SSSR count). The molecule has 2 aliphatic heterocycles. The summed E-state index contributed by atoms with van der Waals surface area (Å²) in [6.45, 7) is 4.98. The lowest BCUT2D eigenvalue weighted by atomic mass is 10.2. The first-order valence-corrected chi connectivity index (χ1v) is 9.92. The van der Waals surface area contributed by atoms with E-state index in [2.05, 4.69) is 19.5 Å². The summed E-state index contributed by atoms with van der Waals surface area (Å²) in [5.74, 6) is 0.934. The van der Waals surface area contributed by atoms with Gasteiger partial charge in [-0.05, 0) is 48.7 Å². The second kappa shape index (κ2) is 7.50. The zero-order valence-electron chi connectivity index (χ0n) is 14.9. The molecule has 1 fully saturated rings. The smallest absolute Gasteiger partial charge is 0.228 e. The van der Waals surface area contributed by atoms with Crippen molar-refractivity contribution in [2.75, 3.05) is 36.4 Å². The van der Waals surface area contributed by atoms with Crippen molar-refractivity contribution in [2.24, 2.45) is 0 Å². The van der Waals surface area contributed by atoms with Crippen molar-refractivity contribution in [2.45, 2.75) is 18.2 Å². The molecule has 0 atom stereocenters. The summed E-state index contributed by atoms with van der Waals surface area (Å²) in [6.07, 6.45) is 2.05. The maximum Gasteiger partial charge on any atom is 0.228 e. The number of carbonyl (C=O) groups excluding carboxylic acids is 2. The van der Waals surface area contributed by atoms with Crippen LogP contribution in [0.15, 0.2) is 35.4 Å². The monoisotopic (exact) mass is 402 g/mol. The van der Waals surface area contributed by atoms with E-state index in [0.717, 1.165) is 48.1 Å². The van der Waals surface area contributed by atoms with E-state index in [1.165, 1.54) is 0 Å². The number of piperazine rings is 1. The van der Waals surface area contributed by atoms with Crippen molar-refractivity contribution in [1.82, 2.24) is 9.29 Å². The molecule has 1 amide bonds. The molecule has 0 radical (unpaired) electrons. The number of carbonyl (C=O) groups is 2. The molecule has 0 unspecified atom stereocenters. The molecular weight excluding hydrogens is 384 g/mol. The zero-order valence-corrected chi connectivity index (χ0v) is 16.4. The molecule has 1 N–H and O–H groups in total. The van der Waals surface area contributed by atoms with Gasteiger partial charge in [-0.3, -0.25) is 9.59 Å². The Morgan fingerprint density at radius 1 is 1.22 bits per heavy atom. The van der Waals surface area contributed by atoms with E-state index in [1.807, 2.05) is 24.3 Å². The SMILES string of the molecule is CC(=O)c1ccc(N2CCN(Sc3cc4c(cc3Cl)NC(=O)C4)CC2)nc1. The number of aromatic nitrogens is 1. The Bertz CT molecular complexity index is 895. The van der Waals surface area contributed by atoms with Crippen LogP contribution < -0.4 is 10.2 Å². The molecule has 2 aliphatic rings. The number of hydrogen-bond acceptors (Lipinski definition) is 6. The van der Waals surface area contributed by atoms with Crippen LogP contribution in [0.4, 0.5) is 11.5 Å². The van der Waals surface area contributed by atoms with E-state index < -0.39 is 0 Å². The summed E-state index contributed by atoms with van der Waals surface area (Å²) in [5.41, 5.74) is 2.45. The van der Waals surface area contributed by atoms with Crippen molar-refractivity contribution in [3.05, 3.63) is 46.6 Å². The van der Waals surface area contributed by atoms with E-state index in [0.29, 0.717) is 17.0 Å². The highest BCUT2D eigenvalue weighted by molar-refractivity contribution is 7.97. The Hall–Kier alpha value is -2.09. The van der Waals surface area contributed by atoms with Gasteiger partial charge in [0, 0.05) is 48.5 Å². The molecule has 6 nitrogen and oxygen atoms in total. The highest BCUT2D eigenvalue weighted by atomic mass is 35.5. The summed E-state index contributed by atoms with van der Waals surface area (Å²) < 4.78 is 2.28. The van der Waals surface area contributed by atoms with Gasteiger partial charge >= 0.3 is 0 Å². The Morgan fingerprint density at radius 2 is 2.00 bits per heavy atom. The number of nitrogens with zero attached hydrogens (tertiary/aromatic N) is 3. The fourth-order valence-corrected chi connectivity index (χ4v) is 4.46. The molecule has 140 valence electrons. The lowest BCUT2D eigenvalue weighted by Gasteiger charge is -2.34.